The highest BCUT2D eigenvalue weighted by molar-refractivity contribution is 7.11. The van der Waals surface area contributed by atoms with Crippen molar-refractivity contribution in [2.24, 2.45) is 0 Å². The molecule has 1 aromatic carbocycles. The molecule has 112 valence electrons. The van der Waals surface area contributed by atoms with Gasteiger partial charge in [-0.25, -0.2) is 0 Å². The van der Waals surface area contributed by atoms with E-state index < -0.39 is 0 Å². The first-order chi connectivity index (χ1) is 11.3. The van der Waals surface area contributed by atoms with E-state index in [2.05, 4.69) is 10.3 Å². The standard InChI is InChI=1S/C18H12N2O2S/c21-18-13(17-14(20-18)7-4-9-19-17)11-16-15(8-10-23-16)22-12-5-2-1-3-6-12/h1-11H,(H,20,21). The Bertz CT molecular complexity index is 900. The van der Waals surface area contributed by atoms with E-state index in [1.807, 2.05) is 53.9 Å². The highest BCUT2D eigenvalue weighted by atomic mass is 32.1. The zero-order valence-electron chi connectivity index (χ0n) is 12.0. The predicted octanol–water partition coefficient (Wildman–Crippen LogP) is 4.43. The maximum absolute atomic E-state index is 12.2. The van der Waals surface area contributed by atoms with E-state index >= 15 is 0 Å². The molecule has 1 amide bonds. The number of anilines is 1. The summed E-state index contributed by atoms with van der Waals surface area (Å²) in [7, 11) is 0. The molecule has 4 nitrogen and oxygen atoms in total. The summed E-state index contributed by atoms with van der Waals surface area (Å²) < 4.78 is 5.90. The molecule has 3 heterocycles. The summed E-state index contributed by atoms with van der Waals surface area (Å²) in [6.45, 7) is 0. The lowest BCUT2D eigenvalue weighted by atomic mass is 10.1. The maximum atomic E-state index is 12.2. The first-order valence-electron chi connectivity index (χ1n) is 7.10. The van der Waals surface area contributed by atoms with Crippen molar-refractivity contribution in [2.45, 2.75) is 0 Å². The largest absolute Gasteiger partial charge is 0.456 e. The summed E-state index contributed by atoms with van der Waals surface area (Å²) in [5, 5.41) is 4.76. The number of carbonyl (C=O) groups excluding carboxylic acids is 1. The van der Waals surface area contributed by atoms with Crippen molar-refractivity contribution in [1.82, 2.24) is 4.98 Å². The number of nitrogens with one attached hydrogen (secondary N) is 1. The molecular weight excluding hydrogens is 308 g/mol. The first kappa shape index (κ1) is 13.7. The van der Waals surface area contributed by atoms with Crippen LogP contribution in [0.4, 0.5) is 5.69 Å². The normalized spacial score (nSPS) is 14.6. The highest BCUT2D eigenvalue weighted by Crippen LogP contribution is 2.36. The van der Waals surface area contributed by atoms with Crippen molar-refractivity contribution < 1.29 is 9.53 Å². The Labute approximate surface area is 137 Å². The number of carbonyl (C=O) groups is 1. The second kappa shape index (κ2) is 5.70. The number of aromatic nitrogens is 1. The molecular formula is C18H12N2O2S. The number of amides is 1. The van der Waals surface area contributed by atoms with E-state index in [1.54, 1.807) is 12.3 Å². The third-order valence-electron chi connectivity index (χ3n) is 3.46. The molecule has 4 rings (SSSR count). The maximum Gasteiger partial charge on any atom is 0.258 e. The summed E-state index contributed by atoms with van der Waals surface area (Å²) >= 11 is 1.52. The number of rotatable bonds is 3. The number of nitrogens with zero attached hydrogens (tertiary/aromatic N) is 1. The molecule has 0 atom stereocenters. The van der Waals surface area contributed by atoms with Gasteiger partial charge in [-0.05, 0) is 41.8 Å². The van der Waals surface area contributed by atoms with Gasteiger partial charge in [-0.3, -0.25) is 9.78 Å². The molecule has 3 aromatic rings. The SMILES string of the molecule is O=C1Nc2cccnc2C1=Cc1sccc1Oc1ccccc1. The first-order valence-corrected chi connectivity index (χ1v) is 7.98. The number of thiophene rings is 1. The molecule has 0 fully saturated rings. The third-order valence-corrected chi connectivity index (χ3v) is 4.30. The lowest BCUT2D eigenvalue weighted by Crippen LogP contribution is -2.03. The lowest BCUT2D eigenvalue weighted by Gasteiger charge is -2.04. The van der Waals surface area contributed by atoms with Crippen LogP contribution >= 0.6 is 11.3 Å². The molecule has 0 radical (unpaired) electrons. The second-order valence-electron chi connectivity index (χ2n) is 4.98. The van der Waals surface area contributed by atoms with Crippen LogP contribution in [-0.2, 0) is 4.79 Å². The smallest absolute Gasteiger partial charge is 0.258 e. The van der Waals surface area contributed by atoms with Gasteiger partial charge in [0.15, 0.2) is 0 Å². The van der Waals surface area contributed by atoms with E-state index in [4.69, 9.17) is 4.74 Å². The van der Waals surface area contributed by atoms with Crippen LogP contribution in [0.1, 0.15) is 10.6 Å². The fourth-order valence-corrected chi connectivity index (χ4v) is 3.15. The van der Waals surface area contributed by atoms with Gasteiger partial charge >= 0.3 is 0 Å². The van der Waals surface area contributed by atoms with Crippen LogP contribution in [0.3, 0.4) is 0 Å². The second-order valence-corrected chi connectivity index (χ2v) is 5.92. The van der Waals surface area contributed by atoms with Crippen molar-refractivity contribution in [2.75, 3.05) is 5.32 Å². The predicted molar refractivity (Wildman–Crippen MR) is 91.6 cm³/mol. The number of hydrogen-bond donors (Lipinski definition) is 1. The number of benzene rings is 1. The molecule has 2 aromatic heterocycles. The van der Waals surface area contributed by atoms with E-state index in [0.29, 0.717) is 11.3 Å². The quantitative estimate of drug-likeness (QED) is 0.726. The van der Waals surface area contributed by atoms with Crippen LogP contribution < -0.4 is 10.1 Å². The van der Waals surface area contributed by atoms with Gasteiger partial charge in [-0.1, -0.05) is 18.2 Å². The Morgan fingerprint density at radius 2 is 1.96 bits per heavy atom. The minimum absolute atomic E-state index is 0.141. The van der Waals surface area contributed by atoms with Gasteiger partial charge in [-0.15, -0.1) is 11.3 Å². The molecule has 0 bridgehead atoms. The molecule has 0 saturated heterocycles. The summed E-state index contributed by atoms with van der Waals surface area (Å²) in [5.74, 6) is 1.35. The lowest BCUT2D eigenvalue weighted by molar-refractivity contribution is -0.110. The summed E-state index contributed by atoms with van der Waals surface area (Å²) in [6, 6.07) is 15.1. The summed E-state index contributed by atoms with van der Waals surface area (Å²) in [4.78, 5) is 17.4. The monoisotopic (exact) mass is 320 g/mol. The Kier molecular flexibility index (Phi) is 3.40. The molecule has 1 N–H and O–H groups in total. The van der Waals surface area contributed by atoms with Crippen molar-refractivity contribution >= 4 is 34.6 Å². The van der Waals surface area contributed by atoms with Crippen LogP contribution in [-0.4, -0.2) is 10.9 Å². The van der Waals surface area contributed by atoms with Crippen LogP contribution in [0, 0.1) is 0 Å². The number of ether oxygens (including phenoxy) is 1. The highest BCUT2D eigenvalue weighted by Gasteiger charge is 2.25. The molecule has 0 aliphatic carbocycles. The number of para-hydroxylation sites is 1. The number of pyridine rings is 1. The van der Waals surface area contributed by atoms with E-state index in [-0.39, 0.29) is 5.91 Å². The Morgan fingerprint density at radius 3 is 2.83 bits per heavy atom. The molecule has 1 aliphatic heterocycles. The minimum Gasteiger partial charge on any atom is -0.456 e. The Hall–Kier alpha value is -2.92. The van der Waals surface area contributed by atoms with Crippen LogP contribution in [0.5, 0.6) is 11.5 Å². The van der Waals surface area contributed by atoms with Crippen LogP contribution in [0.15, 0.2) is 60.1 Å². The van der Waals surface area contributed by atoms with Crippen molar-refractivity contribution in [3.8, 4) is 11.5 Å². The van der Waals surface area contributed by atoms with Crippen LogP contribution in [0.2, 0.25) is 0 Å². The molecule has 0 unspecified atom stereocenters. The molecule has 23 heavy (non-hydrogen) atoms. The zero-order valence-corrected chi connectivity index (χ0v) is 12.8. The van der Waals surface area contributed by atoms with E-state index in [9.17, 15) is 4.79 Å². The van der Waals surface area contributed by atoms with E-state index in [1.165, 1.54) is 11.3 Å². The molecule has 1 aliphatic rings. The van der Waals surface area contributed by atoms with Gasteiger partial charge in [0.1, 0.15) is 11.5 Å². The van der Waals surface area contributed by atoms with Gasteiger partial charge in [0.25, 0.3) is 5.91 Å². The molecule has 0 spiro atoms. The average molecular weight is 320 g/mol. The topological polar surface area (TPSA) is 51.2 Å². The van der Waals surface area contributed by atoms with Crippen molar-refractivity contribution in [1.29, 1.82) is 0 Å². The van der Waals surface area contributed by atoms with Gasteiger partial charge in [0.2, 0.25) is 0 Å². The molecule has 0 saturated carbocycles. The van der Waals surface area contributed by atoms with Gasteiger partial charge in [0.05, 0.1) is 21.8 Å². The van der Waals surface area contributed by atoms with Crippen molar-refractivity contribution in [3.05, 3.63) is 70.7 Å². The Balaban J connectivity index is 1.70. The van der Waals surface area contributed by atoms with Crippen molar-refractivity contribution in [3.63, 3.8) is 0 Å². The number of fused-ring (bicyclic) bond motifs is 1. The fraction of sp³-hybridized carbons (Fsp3) is 0. The fourth-order valence-electron chi connectivity index (χ4n) is 2.40. The van der Waals surface area contributed by atoms with Gasteiger partial charge in [-0.2, -0.15) is 0 Å². The van der Waals surface area contributed by atoms with E-state index in [0.717, 1.165) is 22.1 Å². The molecule has 5 heteroatoms. The zero-order chi connectivity index (χ0) is 15.6. The summed E-state index contributed by atoms with van der Waals surface area (Å²) in [6.07, 6.45) is 3.51. The number of hydrogen-bond acceptors (Lipinski definition) is 4. The summed E-state index contributed by atoms with van der Waals surface area (Å²) in [5.41, 5.74) is 1.98. The third kappa shape index (κ3) is 2.62. The van der Waals surface area contributed by atoms with Crippen LogP contribution in [0.25, 0.3) is 11.6 Å². The van der Waals surface area contributed by atoms with Gasteiger partial charge in [0, 0.05) is 6.20 Å². The average Bonchev–Trinajstić information content (AvgIpc) is 3.14. The van der Waals surface area contributed by atoms with Gasteiger partial charge < -0.3 is 10.1 Å². The Morgan fingerprint density at radius 1 is 1.09 bits per heavy atom. The minimum atomic E-state index is -0.141.